The average Bonchev–Trinajstić information content (AvgIpc) is 3.18. The molecule has 0 spiro atoms. The van der Waals surface area contributed by atoms with Crippen LogP contribution in [0.3, 0.4) is 0 Å². The molecular formula is C26H25Cl2N3. The second kappa shape index (κ2) is 8.66. The molecule has 4 aromatic rings. The maximum atomic E-state index is 6.32. The smallest absolute Gasteiger partial charge is 0.0477 e. The van der Waals surface area contributed by atoms with Crippen LogP contribution in [0.1, 0.15) is 31.4 Å². The minimum atomic E-state index is 0.396. The molecule has 0 bridgehead atoms. The molecule has 2 N–H and O–H groups in total. The molecule has 5 heteroatoms. The Hall–Kier alpha value is -2.33. The van der Waals surface area contributed by atoms with Gasteiger partial charge in [-0.1, -0.05) is 48.3 Å². The van der Waals surface area contributed by atoms with Crippen molar-refractivity contribution in [3.8, 4) is 22.3 Å². The number of hydrogen-bond acceptors (Lipinski definition) is 2. The lowest BCUT2D eigenvalue weighted by atomic mass is 9.83. The molecule has 0 saturated carbocycles. The number of hydrogen-bond donors (Lipinski definition) is 2. The Labute approximate surface area is 192 Å². The van der Waals surface area contributed by atoms with E-state index in [1.807, 2.05) is 48.8 Å². The predicted molar refractivity (Wildman–Crippen MR) is 131 cm³/mol. The summed E-state index contributed by atoms with van der Waals surface area (Å²) in [6.45, 7) is 4.51. The first kappa shape index (κ1) is 20.6. The number of piperidine rings is 1. The minimum absolute atomic E-state index is 0.396. The molecule has 1 aliphatic rings. The van der Waals surface area contributed by atoms with Gasteiger partial charge in [-0.2, -0.15) is 0 Å². The Balaban J connectivity index is 1.65. The van der Waals surface area contributed by atoms with Gasteiger partial charge in [0.2, 0.25) is 0 Å². The molecular weight excluding hydrogens is 425 g/mol. The number of pyridine rings is 1. The summed E-state index contributed by atoms with van der Waals surface area (Å²) in [5.41, 5.74) is 6.87. The van der Waals surface area contributed by atoms with Crippen molar-refractivity contribution in [2.24, 2.45) is 5.92 Å². The normalized spacial score (nSPS) is 17.7. The van der Waals surface area contributed by atoms with Crippen LogP contribution in [0, 0.1) is 5.92 Å². The maximum Gasteiger partial charge on any atom is 0.0477 e. The quantitative estimate of drug-likeness (QED) is 0.342. The number of H-pyrrole nitrogens is 1. The van der Waals surface area contributed by atoms with Gasteiger partial charge in [-0.15, -0.1) is 0 Å². The summed E-state index contributed by atoms with van der Waals surface area (Å²) in [6, 6.07) is 16.2. The first-order valence-electron chi connectivity index (χ1n) is 10.8. The molecule has 0 radical (unpaired) electrons. The van der Waals surface area contributed by atoms with E-state index in [4.69, 9.17) is 23.2 Å². The molecule has 158 valence electrons. The number of benzene rings is 2. The number of aromatic nitrogens is 2. The van der Waals surface area contributed by atoms with Crippen LogP contribution >= 0.6 is 23.2 Å². The van der Waals surface area contributed by atoms with E-state index in [1.165, 1.54) is 29.5 Å². The zero-order valence-electron chi connectivity index (χ0n) is 17.5. The highest BCUT2D eigenvalue weighted by Crippen LogP contribution is 2.41. The molecule has 0 amide bonds. The minimum Gasteiger partial charge on any atom is -0.358 e. The highest BCUT2D eigenvalue weighted by Gasteiger charge is 2.26. The van der Waals surface area contributed by atoms with Crippen molar-refractivity contribution in [3.05, 3.63) is 76.7 Å². The van der Waals surface area contributed by atoms with Crippen LogP contribution < -0.4 is 5.32 Å². The van der Waals surface area contributed by atoms with E-state index in [0.717, 1.165) is 45.3 Å². The van der Waals surface area contributed by atoms with Gasteiger partial charge in [0.1, 0.15) is 0 Å². The molecule has 3 heterocycles. The monoisotopic (exact) mass is 449 g/mol. The summed E-state index contributed by atoms with van der Waals surface area (Å²) < 4.78 is 0. The van der Waals surface area contributed by atoms with Crippen LogP contribution in [0.4, 0.5) is 0 Å². The van der Waals surface area contributed by atoms with Crippen LogP contribution in [0.25, 0.3) is 33.2 Å². The molecule has 0 aliphatic carbocycles. The van der Waals surface area contributed by atoms with E-state index in [9.17, 15) is 0 Å². The van der Waals surface area contributed by atoms with Crippen molar-refractivity contribution in [1.29, 1.82) is 0 Å². The Morgan fingerprint density at radius 2 is 1.71 bits per heavy atom. The third-order valence-corrected chi connectivity index (χ3v) is 6.98. The summed E-state index contributed by atoms with van der Waals surface area (Å²) in [5.74, 6) is 0.997. The van der Waals surface area contributed by atoms with Crippen molar-refractivity contribution in [2.75, 3.05) is 13.1 Å². The van der Waals surface area contributed by atoms with Gasteiger partial charge in [0.05, 0.1) is 0 Å². The van der Waals surface area contributed by atoms with Crippen molar-refractivity contribution < 1.29 is 0 Å². The Morgan fingerprint density at radius 3 is 2.48 bits per heavy atom. The fraction of sp³-hybridized carbons (Fsp3) is 0.269. The van der Waals surface area contributed by atoms with Gasteiger partial charge in [-0.05, 0) is 67.7 Å². The third kappa shape index (κ3) is 4.10. The zero-order valence-corrected chi connectivity index (χ0v) is 19.0. The standard InChI is InChI=1S/C26H25Cl2N3/c1-16(18-3-2-10-29-13-18)26-25(23-9-8-22(28)12-24(23)31-26)20-11-19(14-30-15-20)17-4-6-21(27)7-5-17/h4-9,11-12,14-16,18,29,31H,2-3,10,13H2,1H3. The van der Waals surface area contributed by atoms with Crippen LogP contribution in [0.5, 0.6) is 0 Å². The number of aromatic amines is 1. The molecule has 1 fully saturated rings. The molecule has 1 saturated heterocycles. The SMILES string of the molecule is CC(c1[nH]c2cc(Cl)ccc2c1-c1cncc(-c2ccc(Cl)cc2)c1)C1CCCNC1. The largest absolute Gasteiger partial charge is 0.358 e. The first-order chi connectivity index (χ1) is 15.1. The molecule has 1 aliphatic heterocycles. The van der Waals surface area contributed by atoms with Gasteiger partial charge in [0.15, 0.2) is 0 Å². The van der Waals surface area contributed by atoms with E-state index in [-0.39, 0.29) is 0 Å². The summed E-state index contributed by atoms with van der Waals surface area (Å²) in [6.07, 6.45) is 6.34. The van der Waals surface area contributed by atoms with E-state index in [1.54, 1.807) is 0 Å². The number of fused-ring (bicyclic) bond motifs is 1. The first-order valence-corrected chi connectivity index (χ1v) is 11.6. The van der Waals surface area contributed by atoms with Crippen LogP contribution in [-0.2, 0) is 0 Å². The number of rotatable bonds is 4. The topological polar surface area (TPSA) is 40.7 Å². The highest BCUT2D eigenvalue weighted by molar-refractivity contribution is 6.31. The predicted octanol–water partition coefficient (Wildman–Crippen LogP) is 7.31. The van der Waals surface area contributed by atoms with Crippen molar-refractivity contribution >= 4 is 34.1 Å². The van der Waals surface area contributed by atoms with E-state index >= 15 is 0 Å². The molecule has 5 rings (SSSR count). The molecule has 3 nitrogen and oxygen atoms in total. The Kier molecular flexibility index (Phi) is 5.75. The third-order valence-electron chi connectivity index (χ3n) is 6.49. The summed E-state index contributed by atoms with van der Waals surface area (Å²) in [4.78, 5) is 8.30. The molecule has 2 aromatic heterocycles. The lowest BCUT2D eigenvalue weighted by Gasteiger charge is -2.28. The van der Waals surface area contributed by atoms with Crippen LogP contribution in [0.2, 0.25) is 10.0 Å². The lowest BCUT2D eigenvalue weighted by Crippen LogP contribution is -2.32. The highest BCUT2D eigenvalue weighted by atomic mass is 35.5. The second-order valence-electron chi connectivity index (χ2n) is 8.47. The van der Waals surface area contributed by atoms with Crippen molar-refractivity contribution in [1.82, 2.24) is 15.3 Å². The van der Waals surface area contributed by atoms with Gasteiger partial charge in [-0.3, -0.25) is 4.98 Å². The van der Waals surface area contributed by atoms with Gasteiger partial charge in [0, 0.05) is 61.6 Å². The fourth-order valence-corrected chi connectivity index (χ4v) is 5.06. The maximum absolute atomic E-state index is 6.32. The van der Waals surface area contributed by atoms with Gasteiger partial charge in [-0.25, -0.2) is 0 Å². The summed E-state index contributed by atoms with van der Waals surface area (Å²) in [7, 11) is 0. The van der Waals surface area contributed by atoms with Gasteiger partial charge < -0.3 is 10.3 Å². The number of nitrogens with one attached hydrogen (secondary N) is 2. The lowest BCUT2D eigenvalue weighted by molar-refractivity contribution is 0.332. The molecule has 31 heavy (non-hydrogen) atoms. The number of nitrogens with zero attached hydrogens (tertiary/aromatic N) is 1. The van der Waals surface area contributed by atoms with E-state index < -0.39 is 0 Å². The van der Waals surface area contributed by atoms with Crippen LogP contribution in [0.15, 0.2) is 60.9 Å². The Bertz CT molecular complexity index is 1210. The van der Waals surface area contributed by atoms with Crippen LogP contribution in [-0.4, -0.2) is 23.1 Å². The van der Waals surface area contributed by atoms with E-state index in [0.29, 0.717) is 11.8 Å². The second-order valence-corrected chi connectivity index (χ2v) is 9.34. The molecule has 2 atom stereocenters. The zero-order chi connectivity index (χ0) is 21.4. The number of halogens is 2. The summed E-state index contributed by atoms with van der Waals surface area (Å²) >= 11 is 12.4. The molecule has 2 unspecified atom stereocenters. The van der Waals surface area contributed by atoms with E-state index in [2.05, 4.69) is 34.3 Å². The Morgan fingerprint density at radius 1 is 0.935 bits per heavy atom. The average molecular weight is 450 g/mol. The van der Waals surface area contributed by atoms with Crippen molar-refractivity contribution in [2.45, 2.75) is 25.7 Å². The summed E-state index contributed by atoms with van der Waals surface area (Å²) in [5, 5.41) is 6.23. The fourth-order valence-electron chi connectivity index (χ4n) is 4.76. The van der Waals surface area contributed by atoms with Crippen molar-refractivity contribution in [3.63, 3.8) is 0 Å². The van der Waals surface area contributed by atoms with Gasteiger partial charge >= 0.3 is 0 Å². The molecule has 2 aromatic carbocycles. The van der Waals surface area contributed by atoms with Gasteiger partial charge in [0.25, 0.3) is 0 Å².